The lowest BCUT2D eigenvalue weighted by Gasteiger charge is -2.30. The highest BCUT2D eigenvalue weighted by molar-refractivity contribution is 7.99. The Balaban J connectivity index is 1.08. The Bertz CT molecular complexity index is 1280. The lowest BCUT2D eigenvalue weighted by atomic mass is 9.90. The summed E-state index contributed by atoms with van der Waals surface area (Å²) in [5.41, 5.74) is 1.78. The quantitative estimate of drug-likeness (QED) is 0.355. The highest BCUT2D eigenvalue weighted by atomic mass is 32.2. The highest BCUT2D eigenvalue weighted by Crippen LogP contribution is 2.26. The fourth-order valence-electron chi connectivity index (χ4n) is 4.99. The molecule has 0 atom stereocenters. The van der Waals surface area contributed by atoms with Gasteiger partial charge >= 0.3 is 0 Å². The Morgan fingerprint density at radius 2 is 1.52 bits per heavy atom. The van der Waals surface area contributed by atoms with E-state index in [1.54, 1.807) is 24.3 Å². The predicted molar refractivity (Wildman–Crippen MR) is 153 cm³/mol. The molecule has 0 radical (unpaired) electrons. The molecule has 3 aromatic rings. The third-order valence-corrected chi connectivity index (χ3v) is 8.32. The molecule has 210 valence electrons. The van der Waals surface area contributed by atoms with Gasteiger partial charge in [0.05, 0.1) is 6.20 Å². The van der Waals surface area contributed by atoms with Crippen LogP contribution in [0.15, 0.2) is 66.9 Å². The molecule has 2 aromatic carbocycles. The van der Waals surface area contributed by atoms with Crippen LogP contribution in [-0.2, 0) is 6.61 Å². The van der Waals surface area contributed by atoms with Gasteiger partial charge in [0.15, 0.2) is 0 Å². The van der Waals surface area contributed by atoms with Crippen molar-refractivity contribution in [2.45, 2.75) is 63.3 Å². The molecule has 2 amide bonds. The molecule has 1 aliphatic carbocycles. The maximum atomic E-state index is 14.0. The van der Waals surface area contributed by atoms with Crippen molar-refractivity contribution in [2.75, 3.05) is 11.5 Å². The normalized spacial score (nSPS) is 19.4. The number of aromatic nitrogens is 1. The van der Waals surface area contributed by atoms with Gasteiger partial charge in [0.2, 0.25) is 5.88 Å². The molecule has 0 spiro atoms. The molecule has 1 saturated heterocycles. The second kappa shape index (κ2) is 13.7. The molecule has 40 heavy (non-hydrogen) atoms. The van der Waals surface area contributed by atoms with Crippen molar-refractivity contribution < 1.29 is 23.5 Å². The number of thioether (sulfide) groups is 1. The first-order chi connectivity index (χ1) is 19.5. The predicted octanol–water partition coefficient (Wildman–Crippen LogP) is 5.55. The maximum absolute atomic E-state index is 14.0. The second-order valence-corrected chi connectivity index (χ2v) is 11.5. The van der Waals surface area contributed by atoms with E-state index in [2.05, 4.69) is 15.6 Å². The van der Waals surface area contributed by atoms with E-state index in [1.165, 1.54) is 6.07 Å². The minimum atomic E-state index is -0.570. The van der Waals surface area contributed by atoms with Gasteiger partial charge in [-0.2, -0.15) is 11.8 Å². The molecule has 5 rings (SSSR count). The lowest BCUT2D eigenvalue weighted by molar-refractivity contribution is 0.0885. The summed E-state index contributed by atoms with van der Waals surface area (Å²) < 4.78 is 25.8. The first-order valence-electron chi connectivity index (χ1n) is 13.8. The number of hydrogen-bond acceptors (Lipinski definition) is 6. The molecule has 9 heteroatoms. The van der Waals surface area contributed by atoms with Gasteiger partial charge in [-0.3, -0.25) is 9.59 Å². The van der Waals surface area contributed by atoms with Gasteiger partial charge in [0.25, 0.3) is 11.8 Å². The fourth-order valence-corrected chi connectivity index (χ4v) is 6.06. The monoisotopic (exact) mass is 563 g/mol. The van der Waals surface area contributed by atoms with Crippen LogP contribution in [0.1, 0.15) is 64.8 Å². The molecule has 2 N–H and O–H groups in total. The van der Waals surface area contributed by atoms with Crippen molar-refractivity contribution in [1.29, 1.82) is 0 Å². The van der Waals surface area contributed by atoms with Crippen LogP contribution >= 0.6 is 11.8 Å². The Morgan fingerprint density at radius 1 is 0.875 bits per heavy atom. The highest BCUT2D eigenvalue weighted by Gasteiger charge is 2.27. The Hall–Kier alpha value is -3.59. The number of pyridine rings is 1. The van der Waals surface area contributed by atoms with Crippen molar-refractivity contribution in [2.24, 2.45) is 0 Å². The number of rotatable bonds is 9. The van der Waals surface area contributed by atoms with Gasteiger partial charge in [0.1, 0.15) is 29.8 Å². The molecule has 2 fully saturated rings. The van der Waals surface area contributed by atoms with Crippen LogP contribution in [0.4, 0.5) is 4.39 Å². The molecular formula is C31H34FN3O4S. The molecule has 7 nitrogen and oxygen atoms in total. The van der Waals surface area contributed by atoms with Crippen LogP contribution < -0.4 is 20.1 Å². The second-order valence-electron chi connectivity index (χ2n) is 10.2. The number of halogens is 1. The smallest absolute Gasteiger partial charge is 0.257 e. The minimum absolute atomic E-state index is 0.0113. The summed E-state index contributed by atoms with van der Waals surface area (Å²) in [5.74, 6) is 1.82. The molecule has 1 aromatic heterocycles. The fraction of sp³-hybridized carbons (Fsp3) is 0.387. The van der Waals surface area contributed by atoms with Crippen LogP contribution in [-0.4, -0.2) is 46.5 Å². The van der Waals surface area contributed by atoms with E-state index < -0.39 is 5.82 Å². The van der Waals surface area contributed by atoms with E-state index in [0.29, 0.717) is 30.8 Å². The summed E-state index contributed by atoms with van der Waals surface area (Å²) in [6.07, 6.45) is 5.73. The first kappa shape index (κ1) is 28.0. The van der Waals surface area contributed by atoms with E-state index in [4.69, 9.17) is 9.47 Å². The number of nitrogens with zero attached hydrogens (tertiary/aromatic N) is 1. The summed E-state index contributed by atoms with van der Waals surface area (Å²) >= 11 is 1.88. The number of benzene rings is 2. The number of carbonyl (C=O) groups is 2. The SMILES string of the molecule is O=C(NC1CCC(NC(=O)c2cc(F)cnc2OC2CCSCC2)CC1)c1ccc(OCc2ccccc2)cc1. The topological polar surface area (TPSA) is 89.6 Å². The molecule has 1 saturated carbocycles. The number of ether oxygens (including phenoxy) is 2. The number of hydrogen-bond donors (Lipinski definition) is 2. The molecule has 2 heterocycles. The van der Waals surface area contributed by atoms with Crippen molar-refractivity contribution in [3.05, 3.63) is 89.4 Å². The van der Waals surface area contributed by atoms with E-state index in [-0.39, 0.29) is 41.4 Å². The third-order valence-electron chi connectivity index (χ3n) is 7.27. The minimum Gasteiger partial charge on any atom is -0.489 e. The summed E-state index contributed by atoms with van der Waals surface area (Å²) in [4.78, 5) is 29.9. The summed E-state index contributed by atoms with van der Waals surface area (Å²) in [6.45, 7) is 0.468. The largest absolute Gasteiger partial charge is 0.489 e. The van der Waals surface area contributed by atoms with Crippen LogP contribution in [0.2, 0.25) is 0 Å². The molecule has 0 bridgehead atoms. The van der Waals surface area contributed by atoms with Crippen molar-refractivity contribution in [3.63, 3.8) is 0 Å². The first-order valence-corrected chi connectivity index (χ1v) is 15.0. The number of nitrogens with one attached hydrogen (secondary N) is 2. The van der Waals surface area contributed by atoms with Gasteiger partial charge in [-0.05, 0) is 85.9 Å². The van der Waals surface area contributed by atoms with Crippen molar-refractivity contribution in [1.82, 2.24) is 15.6 Å². The Labute approximate surface area is 238 Å². The van der Waals surface area contributed by atoms with Crippen molar-refractivity contribution >= 4 is 23.6 Å². The zero-order chi connectivity index (χ0) is 27.7. The van der Waals surface area contributed by atoms with E-state index >= 15 is 0 Å². The standard InChI is InChI=1S/C31H34FN3O4S/c32-23-18-28(31(33-19-23)39-27-14-16-40-17-15-27)30(37)35-25-10-8-24(9-11-25)34-29(36)22-6-12-26(13-7-22)38-20-21-4-2-1-3-5-21/h1-7,12-13,18-19,24-25,27H,8-11,14-17,20H2,(H,34,36)(H,35,37). The van der Waals surface area contributed by atoms with Crippen LogP contribution in [0.3, 0.4) is 0 Å². The zero-order valence-corrected chi connectivity index (χ0v) is 23.1. The summed E-state index contributed by atoms with van der Waals surface area (Å²) in [7, 11) is 0. The van der Waals surface area contributed by atoms with Crippen LogP contribution in [0, 0.1) is 5.82 Å². The average molecular weight is 564 g/mol. The zero-order valence-electron chi connectivity index (χ0n) is 22.3. The number of amides is 2. The van der Waals surface area contributed by atoms with Gasteiger partial charge in [-0.15, -0.1) is 0 Å². The van der Waals surface area contributed by atoms with E-state index in [9.17, 15) is 14.0 Å². The van der Waals surface area contributed by atoms with Gasteiger partial charge in [0, 0.05) is 17.6 Å². The van der Waals surface area contributed by atoms with Gasteiger partial charge in [-0.1, -0.05) is 30.3 Å². The summed E-state index contributed by atoms with van der Waals surface area (Å²) in [5, 5.41) is 6.13. The molecular weight excluding hydrogens is 529 g/mol. The Kier molecular flexibility index (Phi) is 9.54. The Morgan fingerprint density at radius 3 is 2.20 bits per heavy atom. The maximum Gasteiger partial charge on any atom is 0.257 e. The third kappa shape index (κ3) is 7.75. The molecule has 2 aliphatic rings. The van der Waals surface area contributed by atoms with Crippen molar-refractivity contribution in [3.8, 4) is 11.6 Å². The van der Waals surface area contributed by atoms with E-state index in [0.717, 1.165) is 48.9 Å². The summed E-state index contributed by atoms with van der Waals surface area (Å²) in [6, 6.07) is 18.2. The van der Waals surface area contributed by atoms with Gasteiger partial charge < -0.3 is 20.1 Å². The van der Waals surface area contributed by atoms with Crippen LogP contribution in [0.5, 0.6) is 11.6 Å². The number of carbonyl (C=O) groups excluding carboxylic acids is 2. The lowest BCUT2D eigenvalue weighted by Crippen LogP contribution is -2.44. The van der Waals surface area contributed by atoms with Gasteiger partial charge in [-0.25, -0.2) is 9.37 Å². The average Bonchev–Trinajstić information content (AvgIpc) is 2.99. The molecule has 0 unspecified atom stereocenters. The van der Waals surface area contributed by atoms with E-state index in [1.807, 2.05) is 42.1 Å². The van der Waals surface area contributed by atoms with Crippen LogP contribution in [0.25, 0.3) is 0 Å². The molecule has 1 aliphatic heterocycles.